The zero-order valence-electron chi connectivity index (χ0n) is 10.4. The predicted octanol–water partition coefficient (Wildman–Crippen LogP) is 1.35. The molecule has 0 aliphatic rings. The summed E-state index contributed by atoms with van der Waals surface area (Å²) in [5.74, 6) is -0.530. The number of fused-ring (bicyclic) bond motifs is 1. The number of hydrogen-bond donors (Lipinski definition) is 2. The highest BCUT2D eigenvalue weighted by Gasteiger charge is 2.13. The Kier molecular flexibility index (Phi) is 3.32. The molecule has 0 spiro atoms. The van der Waals surface area contributed by atoms with Crippen LogP contribution in [0.4, 0.5) is 0 Å². The van der Waals surface area contributed by atoms with Crippen molar-refractivity contribution in [3.63, 3.8) is 0 Å². The molecule has 1 aromatic carbocycles. The number of benzene rings is 1. The fourth-order valence-corrected chi connectivity index (χ4v) is 1.80. The molecule has 0 aliphatic carbocycles. The van der Waals surface area contributed by atoms with Crippen molar-refractivity contribution in [2.24, 2.45) is 7.05 Å². The maximum Gasteiger partial charge on any atom is 0.271 e. The summed E-state index contributed by atoms with van der Waals surface area (Å²) in [7, 11) is 1.88. The van der Waals surface area contributed by atoms with E-state index in [4.69, 9.17) is 0 Å². The van der Waals surface area contributed by atoms with Crippen molar-refractivity contribution in [3.05, 3.63) is 36.0 Å². The fraction of sp³-hybridized carbons (Fsp3) is 0.231. The highest BCUT2D eigenvalue weighted by molar-refractivity contribution is 6.07. The first-order valence-corrected chi connectivity index (χ1v) is 5.76. The lowest BCUT2D eigenvalue weighted by Crippen LogP contribution is -2.41. The number of aryl methyl sites for hydroxylation is 1. The topological polar surface area (TPSA) is 63.1 Å². The number of aromatic nitrogens is 1. The number of hydrogen-bond acceptors (Lipinski definition) is 2. The molecule has 0 aliphatic heterocycles. The van der Waals surface area contributed by atoms with Crippen LogP contribution < -0.4 is 10.9 Å². The lowest BCUT2D eigenvalue weighted by Gasteiger charge is -2.04. The minimum Gasteiger partial charge on any atom is -0.350 e. The highest BCUT2D eigenvalue weighted by atomic mass is 16.2. The van der Waals surface area contributed by atoms with Crippen LogP contribution in [0.15, 0.2) is 30.5 Å². The Labute approximate surface area is 105 Å². The number of hydrazine groups is 1. The summed E-state index contributed by atoms with van der Waals surface area (Å²) in [6, 6.07) is 7.62. The van der Waals surface area contributed by atoms with E-state index in [1.165, 1.54) is 0 Å². The Balaban J connectivity index is 2.25. The van der Waals surface area contributed by atoms with Gasteiger partial charge >= 0.3 is 0 Å². The molecule has 0 atom stereocenters. The van der Waals surface area contributed by atoms with Gasteiger partial charge in [-0.25, -0.2) is 0 Å². The lowest BCUT2D eigenvalue weighted by molar-refractivity contribution is -0.121. The summed E-state index contributed by atoms with van der Waals surface area (Å²) in [5, 5.41) is 0.864. The predicted molar refractivity (Wildman–Crippen MR) is 68.8 cm³/mol. The SMILES string of the molecule is CCC(=O)NNC(=O)c1cn(C)c2ccccc12. The van der Waals surface area contributed by atoms with Crippen molar-refractivity contribution < 1.29 is 9.59 Å². The van der Waals surface area contributed by atoms with E-state index in [0.29, 0.717) is 12.0 Å². The van der Waals surface area contributed by atoms with Crippen LogP contribution >= 0.6 is 0 Å². The molecule has 2 rings (SSSR count). The molecule has 5 heteroatoms. The molecule has 2 amide bonds. The Bertz CT molecular complexity index is 601. The van der Waals surface area contributed by atoms with Gasteiger partial charge in [0, 0.05) is 30.6 Å². The molecule has 0 saturated carbocycles. The van der Waals surface area contributed by atoms with E-state index in [-0.39, 0.29) is 11.8 Å². The third-order valence-corrected chi connectivity index (χ3v) is 2.78. The molecule has 1 heterocycles. The fourth-order valence-electron chi connectivity index (χ4n) is 1.80. The molecule has 2 aromatic rings. The van der Waals surface area contributed by atoms with Gasteiger partial charge in [-0.3, -0.25) is 20.4 Å². The highest BCUT2D eigenvalue weighted by Crippen LogP contribution is 2.19. The average molecular weight is 245 g/mol. The van der Waals surface area contributed by atoms with Gasteiger partial charge in [-0.15, -0.1) is 0 Å². The third-order valence-electron chi connectivity index (χ3n) is 2.78. The smallest absolute Gasteiger partial charge is 0.271 e. The van der Waals surface area contributed by atoms with Crippen molar-refractivity contribution in [2.45, 2.75) is 13.3 Å². The number of nitrogens with zero attached hydrogens (tertiary/aromatic N) is 1. The van der Waals surface area contributed by atoms with Gasteiger partial charge in [-0.2, -0.15) is 0 Å². The van der Waals surface area contributed by atoms with Crippen LogP contribution in [0.5, 0.6) is 0 Å². The molecule has 2 N–H and O–H groups in total. The molecule has 18 heavy (non-hydrogen) atoms. The zero-order chi connectivity index (χ0) is 13.1. The van der Waals surface area contributed by atoms with Gasteiger partial charge in [0.1, 0.15) is 0 Å². The molecular formula is C13H15N3O2. The van der Waals surface area contributed by atoms with E-state index in [1.54, 1.807) is 13.1 Å². The second kappa shape index (κ2) is 4.91. The van der Waals surface area contributed by atoms with Gasteiger partial charge in [0.15, 0.2) is 0 Å². The minimum absolute atomic E-state index is 0.219. The van der Waals surface area contributed by atoms with Gasteiger partial charge < -0.3 is 4.57 Å². The van der Waals surface area contributed by atoms with Crippen molar-refractivity contribution in [1.82, 2.24) is 15.4 Å². The quantitative estimate of drug-likeness (QED) is 0.784. The summed E-state index contributed by atoms with van der Waals surface area (Å²) in [4.78, 5) is 23.0. The summed E-state index contributed by atoms with van der Waals surface area (Å²) in [5.41, 5.74) is 6.28. The number of amides is 2. The van der Waals surface area contributed by atoms with E-state index < -0.39 is 0 Å². The van der Waals surface area contributed by atoms with E-state index in [1.807, 2.05) is 35.9 Å². The molecule has 0 saturated heterocycles. The van der Waals surface area contributed by atoms with Crippen LogP contribution in [0, 0.1) is 0 Å². The van der Waals surface area contributed by atoms with Crippen molar-refractivity contribution >= 4 is 22.7 Å². The van der Waals surface area contributed by atoms with Crippen molar-refractivity contribution in [2.75, 3.05) is 0 Å². The monoisotopic (exact) mass is 245 g/mol. The Morgan fingerprint density at radius 1 is 1.22 bits per heavy atom. The second-order valence-corrected chi connectivity index (χ2v) is 4.03. The first-order chi connectivity index (χ1) is 8.63. The third kappa shape index (κ3) is 2.20. The van der Waals surface area contributed by atoms with E-state index in [9.17, 15) is 9.59 Å². The summed E-state index contributed by atoms with van der Waals surface area (Å²) >= 11 is 0. The van der Waals surface area contributed by atoms with Crippen LogP contribution in [0.3, 0.4) is 0 Å². The van der Waals surface area contributed by atoms with Gasteiger partial charge in [0.2, 0.25) is 5.91 Å². The van der Waals surface area contributed by atoms with Crippen molar-refractivity contribution in [3.8, 4) is 0 Å². The molecule has 5 nitrogen and oxygen atoms in total. The second-order valence-electron chi connectivity index (χ2n) is 4.03. The van der Waals surface area contributed by atoms with Gasteiger partial charge in [0.25, 0.3) is 5.91 Å². The van der Waals surface area contributed by atoms with Gasteiger partial charge in [0.05, 0.1) is 5.56 Å². The standard InChI is InChI=1S/C13H15N3O2/c1-3-12(17)14-15-13(18)10-8-16(2)11-7-5-4-6-9(10)11/h4-8H,3H2,1-2H3,(H,14,17)(H,15,18). The molecule has 1 aromatic heterocycles. The van der Waals surface area contributed by atoms with E-state index in [2.05, 4.69) is 10.9 Å². The van der Waals surface area contributed by atoms with E-state index >= 15 is 0 Å². The number of para-hydroxylation sites is 1. The Morgan fingerprint density at radius 3 is 2.67 bits per heavy atom. The summed E-state index contributed by atoms with van der Waals surface area (Å²) in [6.07, 6.45) is 2.08. The molecule has 0 bridgehead atoms. The molecule has 0 radical (unpaired) electrons. The van der Waals surface area contributed by atoms with Crippen LogP contribution in [0.25, 0.3) is 10.9 Å². The normalized spacial score (nSPS) is 10.3. The largest absolute Gasteiger partial charge is 0.350 e. The van der Waals surface area contributed by atoms with Crippen molar-refractivity contribution in [1.29, 1.82) is 0 Å². The Hall–Kier alpha value is -2.30. The van der Waals surface area contributed by atoms with Crippen LogP contribution in [0.1, 0.15) is 23.7 Å². The molecular weight excluding hydrogens is 230 g/mol. The van der Waals surface area contributed by atoms with Crippen LogP contribution in [-0.4, -0.2) is 16.4 Å². The zero-order valence-corrected chi connectivity index (χ0v) is 10.4. The van der Waals surface area contributed by atoms with Crippen LogP contribution in [-0.2, 0) is 11.8 Å². The van der Waals surface area contributed by atoms with E-state index in [0.717, 1.165) is 10.9 Å². The number of carbonyl (C=O) groups excluding carboxylic acids is 2. The number of nitrogens with one attached hydrogen (secondary N) is 2. The molecule has 94 valence electrons. The Morgan fingerprint density at radius 2 is 1.94 bits per heavy atom. The number of rotatable bonds is 2. The first kappa shape index (κ1) is 12.2. The maximum absolute atomic E-state index is 12.0. The lowest BCUT2D eigenvalue weighted by atomic mass is 10.2. The number of carbonyl (C=O) groups is 2. The summed E-state index contributed by atoms with van der Waals surface area (Å²) < 4.78 is 1.88. The van der Waals surface area contributed by atoms with Gasteiger partial charge in [-0.1, -0.05) is 25.1 Å². The van der Waals surface area contributed by atoms with Crippen LogP contribution in [0.2, 0.25) is 0 Å². The first-order valence-electron chi connectivity index (χ1n) is 5.76. The molecule has 0 unspecified atom stereocenters. The summed E-state index contributed by atoms with van der Waals surface area (Å²) in [6.45, 7) is 1.72. The maximum atomic E-state index is 12.0. The molecule has 0 fully saturated rings. The minimum atomic E-state index is -0.311. The van der Waals surface area contributed by atoms with Gasteiger partial charge in [-0.05, 0) is 6.07 Å². The average Bonchev–Trinajstić information content (AvgIpc) is 2.74.